The number of nitrogens with one attached hydrogen (secondary N) is 1. The second-order valence-electron chi connectivity index (χ2n) is 7.71. The van der Waals surface area contributed by atoms with Gasteiger partial charge in [0, 0.05) is 54.8 Å². The van der Waals surface area contributed by atoms with Gasteiger partial charge in [-0.15, -0.1) is 0 Å². The lowest BCUT2D eigenvalue weighted by molar-refractivity contribution is 0.860. The highest BCUT2D eigenvalue weighted by Crippen LogP contribution is 2.35. The van der Waals surface area contributed by atoms with Gasteiger partial charge in [-0.1, -0.05) is 60.7 Å². The average Bonchev–Trinajstić information content (AvgIpc) is 3.25. The first-order chi connectivity index (χ1) is 15.0. The van der Waals surface area contributed by atoms with E-state index in [0.717, 1.165) is 38.9 Å². The van der Waals surface area contributed by atoms with Crippen molar-refractivity contribution in [3.05, 3.63) is 106 Å². The average molecular weight is 407 g/mol. The number of H-pyrrole nitrogens is 1. The van der Waals surface area contributed by atoms with E-state index >= 15 is 0 Å². The zero-order valence-corrected chi connectivity index (χ0v) is 17.3. The Hall–Kier alpha value is -4.12. The minimum atomic E-state index is -0.106. The molecular weight excluding hydrogens is 386 g/mol. The zero-order valence-electron chi connectivity index (χ0n) is 17.3. The van der Waals surface area contributed by atoms with Gasteiger partial charge in [0.15, 0.2) is 0 Å². The van der Waals surface area contributed by atoms with Gasteiger partial charge in [0.2, 0.25) is 0 Å². The summed E-state index contributed by atoms with van der Waals surface area (Å²) in [6.07, 6.45) is 3.67. The Morgan fingerprint density at radius 3 is 1.97 bits per heavy atom. The van der Waals surface area contributed by atoms with Crippen molar-refractivity contribution in [2.45, 2.75) is 0 Å². The first-order valence-corrected chi connectivity index (χ1v) is 10.1. The van der Waals surface area contributed by atoms with E-state index in [4.69, 9.17) is 0 Å². The van der Waals surface area contributed by atoms with Crippen LogP contribution in [0.3, 0.4) is 0 Å². The van der Waals surface area contributed by atoms with Gasteiger partial charge in [0.1, 0.15) is 5.52 Å². The standard InChI is InChI=1S/C26H21N3O2/c1-28-15-21(17-9-5-3-6-10-17)19(14-24(28)30)22-16-29(2)26(31)25-20(22)13-23(27-25)18-11-7-4-8-12-18/h3-16,27H,1-2H3. The molecule has 0 saturated carbocycles. The highest BCUT2D eigenvalue weighted by molar-refractivity contribution is 6.00. The predicted molar refractivity (Wildman–Crippen MR) is 125 cm³/mol. The summed E-state index contributed by atoms with van der Waals surface area (Å²) in [6.45, 7) is 0. The van der Waals surface area contributed by atoms with Crippen LogP contribution in [-0.4, -0.2) is 14.1 Å². The van der Waals surface area contributed by atoms with Crippen LogP contribution < -0.4 is 11.1 Å². The van der Waals surface area contributed by atoms with Gasteiger partial charge in [-0.3, -0.25) is 9.59 Å². The molecular formula is C26H21N3O2. The van der Waals surface area contributed by atoms with Crippen LogP contribution in [0.5, 0.6) is 0 Å². The van der Waals surface area contributed by atoms with Crippen molar-refractivity contribution in [1.29, 1.82) is 0 Å². The molecule has 5 nitrogen and oxygen atoms in total. The molecule has 0 aliphatic carbocycles. The number of nitrogens with zero attached hydrogens (tertiary/aromatic N) is 2. The molecule has 0 aliphatic rings. The Morgan fingerprint density at radius 1 is 0.677 bits per heavy atom. The van der Waals surface area contributed by atoms with Crippen molar-refractivity contribution in [3.8, 4) is 33.5 Å². The normalized spacial score (nSPS) is 11.2. The third-order valence-corrected chi connectivity index (χ3v) is 5.65. The summed E-state index contributed by atoms with van der Waals surface area (Å²) in [5.41, 5.74) is 5.77. The first-order valence-electron chi connectivity index (χ1n) is 10.1. The number of aromatic amines is 1. The lowest BCUT2D eigenvalue weighted by Crippen LogP contribution is -2.18. The van der Waals surface area contributed by atoms with E-state index in [2.05, 4.69) is 4.98 Å². The molecule has 0 atom stereocenters. The summed E-state index contributed by atoms with van der Waals surface area (Å²) in [7, 11) is 3.48. The molecule has 1 N–H and O–H groups in total. The molecule has 2 aromatic carbocycles. The van der Waals surface area contributed by atoms with Gasteiger partial charge < -0.3 is 14.1 Å². The van der Waals surface area contributed by atoms with E-state index in [-0.39, 0.29) is 11.1 Å². The maximum absolute atomic E-state index is 12.9. The van der Waals surface area contributed by atoms with Gasteiger partial charge >= 0.3 is 0 Å². The summed E-state index contributed by atoms with van der Waals surface area (Å²) in [6, 6.07) is 23.5. The molecule has 5 aromatic rings. The highest BCUT2D eigenvalue weighted by Gasteiger charge is 2.17. The van der Waals surface area contributed by atoms with Gasteiger partial charge in [0.25, 0.3) is 11.1 Å². The second-order valence-corrected chi connectivity index (χ2v) is 7.71. The fraction of sp³-hybridized carbons (Fsp3) is 0.0769. The van der Waals surface area contributed by atoms with Crippen molar-refractivity contribution >= 4 is 10.9 Å². The molecule has 152 valence electrons. The van der Waals surface area contributed by atoms with Crippen LogP contribution in [0, 0.1) is 0 Å². The minimum absolute atomic E-state index is 0.101. The molecule has 0 spiro atoms. The number of rotatable bonds is 3. The summed E-state index contributed by atoms with van der Waals surface area (Å²) in [4.78, 5) is 28.8. The van der Waals surface area contributed by atoms with Gasteiger partial charge in [-0.25, -0.2) is 0 Å². The van der Waals surface area contributed by atoms with Crippen molar-refractivity contribution in [2.75, 3.05) is 0 Å². The Labute approximate surface area is 178 Å². The molecule has 31 heavy (non-hydrogen) atoms. The number of pyridine rings is 2. The van der Waals surface area contributed by atoms with E-state index in [9.17, 15) is 9.59 Å². The van der Waals surface area contributed by atoms with Crippen molar-refractivity contribution < 1.29 is 0 Å². The van der Waals surface area contributed by atoms with E-state index < -0.39 is 0 Å². The molecule has 0 saturated heterocycles. The molecule has 0 unspecified atom stereocenters. The molecule has 0 amide bonds. The smallest absolute Gasteiger partial charge is 0.274 e. The maximum atomic E-state index is 12.9. The lowest BCUT2D eigenvalue weighted by Gasteiger charge is -2.14. The monoisotopic (exact) mass is 407 g/mol. The second kappa shape index (κ2) is 7.29. The molecule has 5 heteroatoms. The van der Waals surface area contributed by atoms with Crippen LogP contribution in [-0.2, 0) is 14.1 Å². The quantitative estimate of drug-likeness (QED) is 0.476. The number of aryl methyl sites for hydroxylation is 2. The highest BCUT2D eigenvalue weighted by atomic mass is 16.1. The van der Waals surface area contributed by atoms with Gasteiger partial charge in [-0.05, 0) is 22.8 Å². The van der Waals surface area contributed by atoms with Crippen molar-refractivity contribution in [3.63, 3.8) is 0 Å². The van der Waals surface area contributed by atoms with Crippen LogP contribution in [0.4, 0.5) is 0 Å². The minimum Gasteiger partial charge on any atom is -0.350 e. The number of hydrogen-bond donors (Lipinski definition) is 1. The fourth-order valence-electron chi connectivity index (χ4n) is 4.02. The number of hydrogen-bond acceptors (Lipinski definition) is 2. The van der Waals surface area contributed by atoms with Crippen LogP contribution in [0.1, 0.15) is 0 Å². The Morgan fingerprint density at radius 2 is 1.29 bits per heavy atom. The summed E-state index contributed by atoms with van der Waals surface area (Å²) >= 11 is 0. The van der Waals surface area contributed by atoms with Gasteiger partial charge in [0.05, 0.1) is 0 Å². The fourth-order valence-corrected chi connectivity index (χ4v) is 4.02. The molecule has 3 heterocycles. The summed E-state index contributed by atoms with van der Waals surface area (Å²) in [5, 5.41) is 0.799. The van der Waals surface area contributed by atoms with Crippen LogP contribution >= 0.6 is 0 Å². The number of fused-ring (bicyclic) bond motifs is 1. The predicted octanol–water partition coefficient (Wildman–Crippen LogP) is 4.57. The molecule has 0 fully saturated rings. The zero-order chi connectivity index (χ0) is 21.5. The number of benzene rings is 2. The summed E-state index contributed by atoms with van der Waals surface area (Å²) < 4.78 is 3.15. The van der Waals surface area contributed by atoms with Crippen molar-refractivity contribution in [2.24, 2.45) is 14.1 Å². The Kier molecular flexibility index (Phi) is 4.44. The summed E-state index contributed by atoms with van der Waals surface area (Å²) in [5.74, 6) is 0. The molecule has 0 aliphatic heterocycles. The topological polar surface area (TPSA) is 59.8 Å². The van der Waals surface area contributed by atoms with E-state index in [1.54, 1.807) is 29.3 Å². The Bertz CT molecular complexity index is 1520. The van der Waals surface area contributed by atoms with Crippen molar-refractivity contribution in [1.82, 2.24) is 14.1 Å². The Balaban J connectivity index is 1.85. The first kappa shape index (κ1) is 18.9. The third kappa shape index (κ3) is 3.20. The third-order valence-electron chi connectivity index (χ3n) is 5.65. The SMILES string of the molecule is Cn1cc(-c2ccccc2)c(-c2cn(C)c(=O)c3[nH]c(-c4ccccc4)cc23)cc1=O. The number of aromatic nitrogens is 3. The van der Waals surface area contributed by atoms with Crippen LogP contribution in [0.15, 0.2) is 94.8 Å². The maximum Gasteiger partial charge on any atom is 0.274 e. The van der Waals surface area contributed by atoms with E-state index in [0.29, 0.717) is 5.52 Å². The largest absolute Gasteiger partial charge is 0.350 e. The lowest BCUT2D eigenvalue weighted by atomic mass is 9.95. The van der Waals surface area contributed by atoms with Crippen LogP contribution in [0.25, 0.3) is 44.4 Å². The molecule has 5 rings (SSSR count). The molecule has 3 aromatic heterocycles. The van der Waals surface area contributed by atoms with Crippen LogP contribution in [0.2, 0.25) is 0 Å². The van der Waals surface area contributed by atoms with E-state index in [1.807, 2.05) is 79.1 Å². The molecule has 0 radical (unpaired) electrons. The van der Waals surface area contributed by atoms with E-state index in [1.165, 1.54) is 0 Å². The van der Waals surface area contributed by atoms with Gasteiger partial charge in [-0.2, -0.15) is 0 Å². The molecule has 0 bridgehead atoms.